The Labute approximate surface area is 171 Å². The molecule has 0 saturated carbocycles. The molecular formula is C21H25ClN2O3S. The van der Waals surface area contributed by atoms with Gasteiger partial charge in [0.1, 0.15) is 0 Å². The first kappa shape index (κ1) is 20.8. The highest BCUT2D eigenvalue weighted by Gasteiger charge is 2.32. The second-order valence-corrected chi connectivity index (χ2v) is 9.53. The minimum absolute atomic E-state index is 0.111. The van der Waals surface area contributed by atoms with Crippen molar-refractivity contribution in [3.63, 3.8) is 0 Å². The van der Waals surface area contributed by atoms with Crippen LogP contribution >= 0.6 is 11.6 Å². The molecule has 1 atom stereocenters. The maximum Gasteiger partial charge on any atom is 0.228 e. The van der Waals surface area contributed by atoms with E-state index in [4.69, 9.17) is 11.6 Å². The number of hydrogen-bond donors (Lipinski definition) is 1. The number of carbonyl (C=O) groups excluding carboxylic acids is 1. The van der Waals surface area contributed by atoms with Crippen LogP contribution in [0.4, 0.5) is 5.69 Å². The van der Waals surface area contributed by atoms with Gasteiger partial charge in [-0.25, -0.2) is 12.7 Å². The van der Waals surface area contributed by atoms with Gasteiger partial charge in [0.25, 0.3) is 0 Å². The number of nitrogens with zero attached hydrogens (tertiary/aromatic N) is 1. The lowest BCUT2D eigenvalue weighted by molar-refractivity contribution is -0.120. The monoisotopic (exact) mass is 420 g/mol. The fraction of sp³-hybridized carbons (Fsp3) is 0.381. The summed E-state index contributed by atoms with van der Waals surface area (Å²) in [6, 6.07) is 14.6. The SMILES string of the molecule is CCc1ccc(NC(=O)[C@H]2CCCN(S(=O)(=O)Cc3cccc(Cl)c3)C2)cc1. The standard InChI is InChI=1S/C21H25ClN2O3S/c1-2-16-8-10-20(11-9-16)23-21(25)18-6-4-12-24(14-18)28(26,27)15-17-5-3-7-19(22)13-17/h3,5,7-11,13,18H,2,4,6,12,14-15H2,1H3,(H,23,25)/t18-/m0/s1. The number of halogens is 1. The smallest absolute Gasteiger partial charge is 0.228 e. The molecule has 1 aliphatic rings. The Morgan fingerprint density at radius 3 is 2.61 bits per heavy atom. The van der Waals surface area contributed by atoms with Gasteiger partial charge < -0.3 is 5.32 Å². The Bertz CT molecular complexity index is 929. The summed E-state index contributed by atoms with van der Waals surface area (Å²) < 4.78 is 27.1. The van der Waals surface area contributed by atoms with E-state index in [0.29, 0.717) is 30.0 Å². The van der Waals surface area contributed by atoms with E-state index in [9.17, 15) is 13.2 Å². The minimum atomic E-state index is -3.51. The van der Waals surface area contributed by atoms with Crippen molar-refractivity contribution in [2.24, 2.45) is 5.92 Å². The van der Waals surface area contributed by atoms with Crippen molar-refractivity contribution in [1.82, 2.24) is 4.31 Å². The van der Waals surface area contributed by atoms with Crippen molar-refractivity contribution >= 4 is 33.2 Å². The van der Waals surface area contributed by atoms with Gasteiger partial charge in [-0.2, -0.15) is 0 Å². The van der Waals surface area contributed by atoms with Crippen molar-refractivity contribution in [3.8, 4) is 0 Å². The van der Waals surface area contributed by atoms with Gasteiger partial charge in [0, 0.05) is 23.8 Å². The quantitative estimate of drug-likeness (QED) is 0.765. The van der Waals surface area contributed by atoms with Gasteiger partial charge in [-0.05, 0) is 54.7 Å². The van der Waals surface area contributed by atoms with Gasteiger partial charge in [0.2, 0.25) is 15.9 Å². The number of nitrogens with one attached hydrogen (secondary N) is 1. The Balaban J connectivity index is 1.64. The maximum absolute atomic E-state index is 12.8. The molecule has 0 spiro atoms. The number of aryl methyl sites for hydroxylation is 1. The molecule has 1 N–H and O–H groups in total. The number of sulfonamides is 1. The molecule has 0 unspecified atom stereocenters. The van der Waals surface area contributed by atoms with E-state index in [-0.39, 0.29) is 24.1 Å². The van der Waals surface area contributed by atoms with E-state index in [1.807, 2.05) is 24.3 Å². The lowest BCUT2D eigenvalue weighted by Gasteiger charge is -2.31. The number of rotatable bonds is 6. The van der Waals surface area contributed by atoms with Crippen LogP contribution in [0.2, 0.25) is 5.02 Å². The maximum atomic E-state index is 12.8. The van der Waals surface area contributed by atoms with Gasteiger partial charge >= 0.3 is 0 Å². The van der Waals surface area contributed by atoms with E-state index >= 15 is 0 Å². The second-order valence-electron chi connectivity index (χ2n) is 7.12. The third-order valence-corrected chi connectivity index (χ3v) is 7.07. The van der Waals surface area contributed by atoms with Crippen LogP contribution in [-0.4, -0.2) is 31.7 Å². The number of benzene rings is 2. The van der Waals surface area contributed by atoms with E-state index in [1.54, 1.807) is 24.3 Å². The van der Waals surface area contributed by atoms with Crippen LogP contribution in [0, 0.1) is 5.92 Å². The van der Waals surface area contributed by atoms with E-state index < -0.39 is 10.0 Å². The Morgan fingerprint density at radius 2 is 1.93 bits per heavy atom. The number of piperidine rings is 1. The molecule has 1 saturated heterocycles. The zero-order chi connectivity index (χ0) is 20.1. The summed E-state index contributed by atoms with van der Waals surface area (Å²) in [5.74, 6) is -0.596. The minimum Gasteiger partial charge on any atom is -0.326 e. The molecule has 1 amide bonds. The van der Waals surface area contributed by atoms with Gasteiger partial charge in [0.05, 0.1) is 11.7 Å². The Kier molecular flexibility index (Phi) is 6.75. The first-order valence-electron chi connectivity index (χ1n) is 9.49. The average Bonchev–Trinajstić information content (AvgIpc) is 2.68. The lowest BCUT2D eigenvalue weighted by atomic mass is 9.98. The normalized spacial score (nSPS) is 18.0. The van der Waals surface area contributed by atoms with Crippen LogP contribution < -0.4 is 5.32 Å². The largest absolute Gasteiger partial charge is 0.326 e. The summed E-state index contributed by atoms with van der Waals surface area (Å²) in [4.78, 5) is 12.6. The highest BCUT2D eigenvalue weighted by molar-refractivity contribution is 7.88. The molecule has 1 heterocycles. The topological polar surface area (TPSA) is 66.5 Å². The highest BCUT2D eigenvalue weighted by Crippen LogP contribution is 2.24. The zero-order valence-electron chi connectivity index (χ0n) is 15.9. The molecule has 150 valence electrons. The van der Waals surface area contributed by atoms with Crippen LogP contribution in [0.5, 0.6) is 0 Å². The molecule has 0 radical (unpaired) electrons. The molecule has 0 bridgehead atoms. The predicted molar refractivity (Wildman–Crippen MR) is 113 cm³/mol. The van der Waals surface area contributed by atoms with Crippen LogP contribution in [0.1, 0.15) is 30.9 Å². The summed E-state index contributed by atoms with van der Waals surface area (Å²) in [6.45, 7) is 2.73. The molecule has 2 aromatic rings. The van der Waals surface area contributed by atoms with Crippen molar-refractivity contribution in [2.75, 3.05) is 18.4 Å². The number of anilines is 1. The van der Waals surface area contributed by atoms with E-state index in [0.717, 1.165) is 12.1 Å². The van der Waals surface area contributed by atoms with Gasteiger partial charge in [-0.15, -0.1) is 0 Å². The summed E-state index contributed by atoms with van der Waals surface area (Å²) in [6.07, 6.45) is 2.29. The van der Waals surface area contributed by atoms with Crippen LogP contribution in [-0.2, 0) is 27.0 Å². The van der Waals surface area contributed by atoms with Crippen molar-refractivity contribution in [1.29, 1.82) is 0 Å². The third-order valence-electron chi connectivity index (χ3n) is 5.02. The highest BCUT2D eigenvalue weighted by atomic mass is 35.5. The Hall–Kier alpha value is -1.89. The molecule has 3 rings (SSSR count). The summed E-state index contributed by atoms with van der Waals surface area (Å²) in [5, 5.41) is 3.43. The first-order valence-corrected chi connectivity index (χ1v) is 11.5. The van der Waals surface area contributed by atoms with Crippen LogP contribution in [0.3, 0.4) is 0 Å². The predicted octanol–water partition coefficient (Wildman–Crippen LogP) is 4.08. The van der Waals surface area contributed by atoms with Crippen LogP contribution in [0.15, 0.2) is 48.5 Å². The van der Waals surface area contributed by atoms with Crippen molar-refractivity contribution in [3.05, 3.63) is 64.7 Å². The average molecular weight is 421 g/mol. The summed E-state index contributed by atoms with van der Waals surface area (Å²) in [7, 11) is -3.51. The molecule has 28 heavy (non-hydrogen) atoms. The summed E-state index contributed by atoms with van der Waals surface area (Å²) >= 11 is 5.96. The molecule has 0 aliphatic carbocycles. The molecule has 1 fully saturated rings. The number of amides is 1. The van der Waals surface area contributed by atoms with Gasteiger partial charge in [0.15, 0.2) is 0 Å². The third kappa shape index (κ3) is 5.34. The zero-order valence-corrected chi connectivity index (χ0v) is 17.5. The van der Waals surface area contributed by atoms with Crippen molar-refractivity contribution in [2.45, 2.75) is 31.9 Å². The molecular weight excluding hydrogens is 396 g/mol. The van der Waals surface area contributed by atoms with Gasteiger partial charge in [-0.3, -0.25) is 4.79 Å². The lowest BCUT2D eigenvalue weighted by Crippen LogP contribution is -2.44. The number of hydrogen-bond acceptors (Lipinski definition) is 3. The molecule has 2 aromatic carbocycles. The van der Waals surface area contributed by atoms with E-state index in [2.05, 4.69) is 12.2 Å². The fourth-order valence-corrected chi connectivity index (χ4v) is 5.22. The molecule has 0 aromatic heterocycles. The first-order chi connectivity index (χ1) is 13.4. The van der Waals surface area contributed by atoms with Gasteiger partial charge in [-0.1, -0.05) is 42.8 Å². The molecule has 5 nitrogen and oxygen atoms in total. The molecule has 7 heteroatoms. The number of carbonyl (C=O) groups is 1. The summed E-state index contributed by atoms with van der Waals surface area (Å²) in [5.41, 5.74) is 2.59. The van der Waals surface area contributed by atoms with Crippen LogP contribution in [0.25, 0.3) is 0 Å². The second kappa shape index (κ2) is 9.07. The fourth-order valence-electron chi connectivity index (χ4n) is 3.41. The van der Waals surface area contributed by atoms with Crippen molar-refractivity contribution < 1.29 is 13.2 Å². The Morgan fingerprint density at radius 1 is 1.18 bits per heavy atom. The van der Waals surface area contributed by atoms with E-state index in [1.165, 1.54) is 9.87 Å². The molecule has 1 aliphatic heterocycles.